The zero-order valence-corrected chi connectivity index (χ0v) is 10.7. The van der Waals surface area contributed by atoms with Gasteiger partial charge in [0.25, 0.3) is 0 Å². The second-order valence-electron chi connectivity index (χ2n) is 5.60. The van der Waals surface area contributed by atoms with E-state index in [1.807, 2.05) is 0 Å². The number of piperidine rings is 1. The van der Waals surface area contributed by atoms with Crippen molar-refractivity contribution in [3.63, 3.8) is 0 Å². The summed E-state index contributed by atoms with van der Waals surface area (Å²) >= 11 is 0. The van der Waals surface area contributed by atoms with E-state index in [9.17, 15) is 0 Å². The lowest BCUT2D eigenvalue weighted by Crippen LogP contribution is -2.46. The predicted octanol–water partition coefficient (Wildman–Crippen LogP) is 1.47. The first-order valence-corrected chi connectivity index (χ1v) is 6.76. The van der Waals surface area contributed by atoms with Crippen molar-refractivity contribution in [2.24, 2.45) is 17.6 Å². The summed E-state index contributed by atoms with van der Waals surface area (Å²) < 4.78 is 5.48. The molecule has 2 N–H and O–H groups in total. The Morgan fingerprint density at radius 1 is 1.12 bits per heavy atom. The summed E-state index contributed by atoms with van der Waals surface area (Å²) in [6.45, 7) is 8.90. The van der Waals surface area contributed by atoms with E-state index in [0.29, 0.717) is 12.1 Å². The molecule has 2 saturated heterocycles. The molecule has 2 heterocycles. The van der Waals surface area contributed by atoms with Gasteiger partial charge in [0.15, 0.2) is 0 Å². The van der Waals surface area contributed by atoms with Crippen LogP contribution < -0.4 is 5.73 Å². The molecule has 2 rings (SSSR count). The van der Waals surface area contributed by atoms with Gasteiger partial charge in [0.1, 0.15) is 0 Å². The van der Waals surface area contributed by atoms with Crippen LogP contribution in [0.2, 0.25) is 0 Å². The number of rotatable bonds is 3. The molecule has 3 heteroatoms. The second-order valence-corrected chi connectivity index (χ2v) is 5.60. The molecule has 2 aliphatic rings. The molecule has 0 aromatic carbocycles. The summed E-state index contributed by atoms with van der Waals surface area (Å²) in [5, 5.41) is 0. The highest BCUT2D eigenvalue weighted by Gasteiger charge is 2.30. The lowest BCUT2D eigenvalue weighted by atomic mass is 9.88. The summed E-state index contributed by atoms with van der Waals surface area (Å²) in [6, 6.07) is 1.06. The molecule has 3 unspecified atom stereocenters. The summed E-state index contributed by atoms with van der Waals surface area (Å²) in [5.41, 5.74) is 5.97. The molecule has 0 bridgehead atoms. The molecule has 0 saturated carbocycles. The van der Waals surface area contributed by atoms with Gasteiger partial charge in [0.05, 0.1) is 6.61 Å². The van der Waals surface area contributed by atoms with Crippen LogP contribution in [0.5, 0.6) is 0 Å². The van der Waals surface area contributed by atoms with Crippen LogP contribution in [0.1, 0.15) is 33.1 Å². The van der Waals surface area contributed by atoms with Crippen molar-refractivity contribution in [3.8, 4) is 0 Å². The maximum absolute atomic E-state index is 5.97. The van der Waals surface area contributed by atoms with Crippen molar-refractivity contribution in [2.75, 3.05) is 26.3 Å². The van der Waals surface area contributed by atoms with E-state index in [1.165, 1.54) is 32.4 Å². The van der Waals surface area contributed by atoms with Crippen LogP contribution in [-0.4, -0.2) is 43.3 Å². The van der Waals surface area contributed by atoms with Crippen LogP contribution in [0, 0.1) is 11.8 Å². The fraction of sp³-hybridized carbons (Fsp3) is 1.00. The largest absolute Gasteiger partial charge is 0.381 e. The van der Waals surface area contributed by atoms with Crippen LogP contribution >= 0.6 is 0 Å². The average Bonchev–Trinajstić information content (AvgIpc) is 2.81. The second kappa shape index (κ2) is 5.48. The van der Waals surface area contributed by atoms with Crippen LogP contribution in [0.25, 0.3) is 0 Å². The van der Waals surface area contributed by atoms with E-state index in [-0.39, 0.29) is 0 Å². The molecule has 94 valence electrons. The SMILES string of the molecule is CC(N)C1CCN(C(C)C2CCOC2)CC1. The van der Waals surface area contributed by atoms with Gasteiger partial charge in [-0.2, -0.15) is 0 Å². The van der Waals surface area contributed by atoms with E-state index >= 15 is 0 Å². The van der Waals surface area contributed by atoms with Crippen LogP contribution in [0.3, 0.4) is 0 Å². The molecule has 2 fully saturated rings. The van der Waals surface area contributed by atoms with Gasteiger partial charge in [-0.05, 0) is 58.0 Å². The van der Waals surface area contributed by atoms with Gasteiger partial charge in [-0.15, -0.1) is 0 Å². The first-order valence-electron chi connectivity index (χ1n) is 6.76. The fourth-order valence-corrected chi connectivity index (χ4v) is 3.08. The lowest BCUT2D eigenvalue weighted by Gasteiger charge is -2.39. The Morgan fingerprint density at radius 2 is 1.81 bits per heavy atom. The Kier molecular flexibility index (Phi) is 4.22. The smallest absolute Gasteiger partial charge is 0.0509 e. The summed E-state index contributed by atoms with van der Waals surface area (Å²) in [6.07, 6.45) is 3.79. The fourth-order valence-electron chi connectivity index (χ4n) is 3.08. The van der Waals surface area contributed by atoms with E-state index < -0.39 is 0 Å². The van der Waals surface area contributed by atoms with Gasteiger partial charge in [0, 0.05) is 18.7 Å². The molecular formula is C13H26N2O. The summed E-state index contributed by atoms with van der Waals surface area (Å²) in [4.78, 5) is 2.64. The van der Waals surface area contributed by atoms with Gasteiger partial charge in [-0.25, -0.2) is 0 Å². The topological polar surface area (TPSA) is 38.5 Å². The standard InChI is InChI=1S/C13H26N2O/c1-10(14)12-3-6-15(7-4-12)11(2)13-5-8-16-9-13/h10-13H,3-9,14H2,1-2H3. The molecule has 0 aromatic rings. The zero-order valence-electron chi connectivity index (χ0n) is 10.7. The van der Waals surface area contributed by atoms with Gasteiger partial charge < -0.3 is 15.4 Å². The van der Waals surface area contributed by atoms with Crippen molar-refractivity contribution >= 4 is 0 Å². The highest BCUT2D eigenvalue weighted by Crippen LogP contribution is 2.26. The maximum Gasteiger partial charge on any atom is 0.0509 e. The number of nitrogens with two attached hydrogens (primary N) is 1. The quantitative estimate of drug-likeness (QED) is 0.792. The van der Waals surface area contributed by atoms with Crippen LogP contribution in [-0.2, 0) is 4.74 Å². The molecule has 2 aliphatic heterocycles. The third-order valence-corrected chi connectivity index (χ3v) is 4.54. The zero-order chi connectivity index (χ0) is 11.5. The van der Waals surface area contributed by atoms with Gasteiger partial charge >= 0.3 is 0 Å². The molecule has 0 radical (unpaired) electrons. The van der Waals surface area contributed by atoms with Gasteiger partial charge in [-0.1, -0.05) is 0 Å². The number of hydrogen-bond acceptors (Lipinski definition) is 3. The van der Waals surface area contributed by atoms with Crippen LogP contribution in [0.15, 0.2) is 0 Å². The Labute approximate surface area is 99.3 Å². The number of hydrogen-bond donors (Lipinski definition) is 1. The number of ether oxygens (including phenoxy) is 1. The highest BCUT2D eigenvalue weighted by molar-refractivity contribution is 4.84. The third-order valence-electron chi connectivity index (χ3n) is 4.54. The van der Waals surface area contributed by atoms with Crippen molar-refractivity contribution in [1.29, 1.82) is 0 Å². The average molecular weight is 226 g/mol. The monoisotopic (exact) mass is 226 g/mol. The third kappa shape index (κ3) is 2.76. The molecule has 0 spiro atoms. The molecule has 3 nitrogen and oxygen atoms in total. The minimum Gasteiger partial charge on any atom is -0.381 e. The highest BCUT2D eigenvalue weighted by atomic mass is 16.5. The van der Waals surface area contributed by atoms with Crippen LogP contribution in [0.4, 0.5) is 0 Å². The maximum atomic E-state index is 5.97. The molecular weight excluding hydrogens is 200 g/mol. The Morgan fingerprint density at radius 3 is 2.31 bits per heavy atom. The minimum absolute atomic E-state index is 0.368. The molecule has 0 aromatic heterocycles. The Hall–Kier alpha value is -0.120. The first-order chi connectivity index (χ1) is 7.68. The van der Waals surface area contributed by atoms with Crippen molar-refractivity contribution in [1.82, 2.24) is 4.90 Å². The van der Waals surface area contributed by atoms with E-state index in [0.717, 1.165) is 25.0 Å². The number of likely N-dealkylation sites (tertiary alicyclic amines) is 1. The van der Waals surface area contributed by atoms with Gasteiger partial charge in [0.2, 0.25) is 0 Å². The molecule has 0 aliphatic carbocycles. The van der Waals surface area contributed by atoms with Crippen molar-refractivity contribution in [2.45, 2.75) is 45.2 Å². The Bertz CT molecular complexity index is 206. The predicted molar refractivity (Wildman–Crippen MR) is 66.3 cm³/mol. The first kappa shape index (κ1) is 12.3. The molecule has 16 heavy (non-hydrogen) atoms. The van der Waals surface area contributed by atoms with Crippen molar-refractivity contribution < 1.29 is 4.74 Å². The van der Waals surface area contributed by atoms with Crippen molar-refractivity contribution in [3.05, 3.63) is 0 Å². The molecule has 3 atom stereocenters. The molecule has 0 amide bonds. The normalized spacial score (nSPS) is 32.8. The van der Waals surface area contributed by atoms with E-state index in [4.69, 9.17) is 10.5 Å². The lowest BCUT2D eigenvalue weighted by molar-refractivity contribution is 0.0893. The summed E-state index contributed by atoms with van der Waals surface area (Å²) in [7, 11) is 0. The van der Waals surface area contributed by atoms with E-state index in [2.05, 4.69) is 18.7 Å². The summed E-state index contributed by atoms with van der Waals surface area (Å²) in [5.74, 6) is 1.50. The number of nitrogens with zero attached hydrogens (tertiary/aromatic N) is 1. The Balaban J connectivity index is 1.79. The minimum atomic E-state index is 0.368. The van der Waals surface area contributed by atoms with Gasteiger partial charge in [-0.3, -0.25) is 0 Å². The van der Waals surface area contributed by atoms with E-state index in [1.54, 1.807) is 0 Å².